The first-order chi connectivity index (χ1) is 9.97. The highest BCUT2D eigenvalue weighted by atomic mass is 32.2. The van der Waals surface area contributed by atoms with Crippen LogP contribution in [0.25, 0.3) is 6.08 Å². The molecule has 1 amide bonds. The van der Waals surface area contributed by atoms with Gasteiger partial charge in [0.1, 0.15) is 5.82 Å². The Hall–Kier alpha value is -2.02. The van der Waals surface area contributed by atoms with Crippen LogP contribution in [-0.2, 0) is 15.6 Å². The molecule has 112 valence electrons. The van der Waals surface area contributed by atoms with E-state index in [1.807, 2.05) is 0 Å². The Morgan fingerprint density at radius 1 is 1.29 bits per heavy atom. The zero-order valence-corrected chi connectivity index (χ0v) is 11.9. The zero-order valence-electron chi connectivity index (χ0n) is 11.1. The summed E-state index contributed by atoms with van der Waals surface area (Å²) < 4.78 is 25.1. The van der Waals surface area contributed by atoms with E-state index in [1.54, 1.807) is 4.90 Å². The van der Waals surface area contributed by atoms with E-state index in [0.29, 0.717) is 24.6 Å². The molecular formula is C14H14FNO4S. The molecule has 1 aromatic carbocycles. The third-order valence-corrected chi connectivity index (χ3v) is 4.39. The smallest absolute Gasteiger partial charge is 0.328 e. The van der Waals surface area contributed by atoms with Crippen LogP contribution in [0.4, 0.5) is 4.39 Å². The van der Waals surface area contributed by atoms with Crippen LogP contribution in [-0.4, -0.2) is 50.7 Å². The van der Waals surface area contributed by atoms with Crippen LogP contribution >= 0.6 is 0 Å². The van der Waals surface area contributed by atoms with Crippen molar-refractivity contribution in [1.82, 2.24) is 4.90 Å². The lowest BCUT2D eigenvalue weighted by atomic mass is 10.1. The number of amides is 1. The van der Waals surface area contributed by atoms with E-state index in [1.165, 1.54) is 12.1 Å². The van der Waals surface area contributed by atoms with Crippen LogP contribution in [0.15, 0.2) is 24.3 Å². The van der Waals surface area contributed by atoms with Gasteiger partial charge in [-0.15, -0.1) is 0 Å². The Bertz CT molecular complexity index is 619. The van der Waals surface area contributed by atoms with E-state index in [0.717, 1.165) is 18.2 Å². The molecule has 1 saturated heterocycles. The minimum Gasteiger partial charge on any atom is -0.478 e. The number of hydrogen-bond acceptors (Lipinski definition) is 3. The molecule has 0 saturated carbocycles. The van der Waals surface area contributed by atoms with Gasteiger partial charge < -0.3 is 10.0 Å². The monoisotopic (exact) mass is 311 g/mol. The highest BCUT2D eigenvalue weighted by Crippen LogP contribution is 2.15. The van der Waals surface area contributed by atoms with Gasteiger partial charge in [0.15, 0.2) is 0 Å². The number of aliphatic carboxylic acids is 1. The number of carbonyl (C=O) groups excluding carboxylic acids is 1. The van der Waals surface area contributed by atoms with Crippen molar-refractivity contribution in [3.63, 3.8) is 0 Å². The summed E-state index contributed by atoms with van der Waals surface area (Å²) >= 11 is 0. The molecule has 0 spiro atoms. The lowest BCUT2D eigenvalue weighted by molar-refractivity contribution is -0.131. The van der Waals surface area contributed by atoms with Gasteiger partial charge in [0.2, 0.25) is 0 Å². The molecule has 1 aromatic rings. The van der Waals surface area contributed by atoms with E-state index >= 15 is 0 Å². The first-order valence-corrected chi connectivity index (χ1v) is 7.81. The number of benzene rings is 1. The summed E-state index contributed by atoms with van der Waals surface area (Å²) in [7, 11) is -0.882. The van der Waals surface area contributed by atoms with Crippen LogP contribution in [0.5, 0.6) is 0 Å². The number of carboxylic acids is 1. The molecule has 21 heavy (non-hydrogen) atoms. The molecule has 0 aromatic heterocycles. The second-order valence-corrected chi connectivity index (χ2v) is 6.24. The Balaban J connectivity index is 2.14. The second-order valence-electron chi connectivity index (χ2n) is 4.55. The van der Waals surface area contributed by atoms with Crippen molar-refractivity contribution >= 4 is 28.8 Å². The maximum Gasteiger partial charge on any atom is 0.328 e. The highest BCUT2D eigenvalue weighted by molar-refractivity contribution is 7.85. The topological polar surface area (TPSA) is 74.7 Å². The maximum atomic E-state index is 13.8. The average Bonchev–Trinajstić information content (AvgIpc) is 2.46. The van der Waals surface area contributed by atoms with Gasteiger partial charge in [0.25, 0.3) is 5.91 Å². The van der Waals surface area contributed by atoms with Gasteiger partial charge in [-0.05, 0) is 18.2 Å². The third-order valence-electron chi connectivity index (χ3n) is 3.12. The van der Waals surface area contributed by atoms with E-state index in [9.17, 15) is 18.2 Å². The van der Waals surface area contributed by atoms with Crippen molar-refractivity contribution in [2.75, 3.05) is 24.6 Å². The number of rotatable bonds is 3. The zero-order chi connectivity index (χ0) is 15.4. The van der Waals surface area contributed by atoms with Gasteiger partial charge in [-0.1, -0.05) is 6.07 Å². The fourth-order valence-corrected chi connectivity index (χ4v) is 3.03. The number of carboxylic acid groups (broad SMARTS) is 1. The molecule has 1 N–H and O–H groups in total. The second kappa shape index (κ2) is 6.62. The third kappa shape index (κ3) is 3.98. The SMILES string of the molecule is O=C(O)C=Cc1ccc(C(=O)N2CCS(=O)CC2)cc1F. The summed E-state index contributed by atoms with van der Waals surface area (Å²) in [6.07, 6.45) is 1.97. The summed E-state index contributed by atoms with van der Waals surface area (Å²) in [6.45, 7) is 0.793. The van der Waals surface area contributed by atoms with Crippen LogP contribution in [0.2, 0.25) is 0 Å². The first kappa shape index (κ1) is 15.4. The maximum absolute atomic E-state index is 13.8. The number of carbonyl (C=O) groups is 2. The largest absolute Gasteiger partial charge is 0.478 e. The summed E-state index contributed by atoms with van der Waals surface area (Å²) in [5.74, 6) is -1.25. The van der Waals surface area contributed by atoms with Gasteiger partial charge in [0.05, 0.1) is 0 Å². The lowest BCUT2D eigenvalue weighted by Gasteiger charge is -2.26. The number of hydrogen-bond donors (Lipinski definition) is 1. The van der Waals surface area contributed by atoms with Crippen LogP contribution in [0, 0.1) is 5.82 Å². The Labute approximate surface area is 123 Å². The van der Waals surface area contributed by atoms with Gasteiger partial charge in [-0.3, -0.25) is 9.00 Å². The van der Waals surface area contributed by atoms with E-state index in [-0.39, 0.29) is 17.0 Å². The van der Waals surface area contributed by atoms with Gasteiger partial charge in [0, 0.05) is 52.6 Å². The van der Waals surface area contributed by atoms with E-state index in [4.69, 9.17) is 5.11 Å². The predicted molar refractivity (Wildman–Crippen MR) is 76.8 cm³/mol. The normalized spacial score (nSPS) is 16.3. The van der Waals surface area contributed by atoms with Gasteiger partial charge >= 0.3 is 5.97 Å². The van der Waals surface area contributed by atoms with Crippen molar-refractivity contribution < 1.29 is 23.3 Å². The van der Waals surface area contributed by atoms with Crippen molar-refractivity contribution in [1.29, 1.82) is 0 Å². The number of halogens is 1. The Kier molecular flexibility index (Phi) is 4.85. The Morgan fingerprint density at radius 3 is 2.52 bits per heavy atom. The van der Waals surface area contributed by atoms with E-state index < -0.39 is 22.6 Å². The lowest BCUT2D eigenvalue weighted by Crippen LogP contribution is -2.41. The van der Waals surface area contributed by atoms with Crippen molar-refractivity contribution in [2.24, 2.45) is 0 Å². The van der Waals surface area contributed by atoms with Crippen LogP contribution in [0.3, 0.4) is 0 Å². The summed E-state index contributed by atoms with van der Waals surface area (Å²) in [5, 5.41) is 8.51. The molecule has 0 unspecified atom stereocenters. The molecule has 2 rings (SSSR count). The molecule has 1 fully saturated rings. The molecule has 0 radical (unpaired) electrons. The average molecular weight is 311 g/mol. The van der Waals surface area contributed by atoms with Gasteiger partial charge in [-0.25, -0.2) is 9.18 Å². The summed E-state index contributed by atoms with van der Waals surface area (Å²) in [5.41, 5.74) is 0.307. The fraction of sp³-hybridized carbons (Fsp3) is 0.286. The van der Waals surface area contributed by atoms with Crippen molar-refractivity contribution in [3.8, 4) is 0 Å². The van der Waals surface area contributed by atoms with E-state index in [2.05, 4.69) is 0 Å². The van der Waals surface area contributed by atoms with Crippen LogP contribution < -0.4 is 0 Å². The Morgan fingerprint density at radius 2 is 1.95 bits per heavy atom. The highest BCUT2D eigenvalue weighted by Gasteiger charge is 2.21. The van der Waals surface area contributed by atoms with Crippen molar-refractivity contribution in [3.05, 3.63) is 41.2 Å². The minimum absolute atomic E-state index is 0.105. The fourth-order valence-electron chi connectivity index (χ4n) is 1.98. The molecule has 0 bridgehead atoms. The summed E-state index contributed by atoms with van der Waals surface area (Å²) in [6, 6.07) is 3.91. The van der Waals surface area contributed by atoms with Gasteiger partial charge in [-0.2, -0.15) is 0 Å². The quantitative estimate of drug-likeness (QED) is 0.849. The van der Waals surface area contributed by atoms with Crippen LogP contribution in [0.1, 0.15) is 15.9 Å². The molecule has 7 heteroatoms. The molecule has 1 aliphatic heterocycles. The molecule has 0 aliphatic carbocycles. The molecule has 0 atom stereocenters. The minimum atomic E-state index is -1.17. The molecule has 5 nitrogen and oxygen atoms in total. The number of nitrogens with zero attached hydrogens (tertiary/aromatic N) is 1. The predicted octanol–water partition coefficient (Wildman–Crippen LogP) is 1.13. The first-order valence-electron chi connectivity index (χ1n) is 6.32. The molecule has 1 aliphatic rings. The summed E-state index contributed by atoms with van der Waals surface area (Å²) in [4.78, 5) is 24.1. The standard InChI is InChI=1S/C14H14FNO4S/c15-12-9-11(2-1-10(12)3-4-13(17)18)14(19)16-5-7-21(20)8-6-16/h1-4,9H,5-8H2,(H,17,18). The van der Waals surface area contributed by atoms with Crippen molar-refractivity contribution in [2.45, 2.75) is 0 Å². The molecular weight excluding hydrogens is 297 g/mol. The molecule has 1 heterocycles.